The summed E-state index contributed by atoms with van der Waals surface area (Å²) in [5.74, 6) is 0.127. The lowest BCUT2D eigenvalue weighted by molar-refractivity contribution is -0.0573. The Bertz CT molecular complexity index is 430. The van der Waals surface area contributed by atoms with Gasteiger partial charge in [0.15, 0.2) is 0 Å². The number of fused-ring (bicyclic) bond motifs is 2. The smallest absolute Gasteiger partial charge is 0.256 e. The van der Waals surface area contributed by atoms with E-state index in [0.29, 0.717) is 0 Å². The van der Waals surface area contributed by atoms with E-state index in [-0.39, 0.29) is 18.2 Å². The van der Waals surface area contributed by atoms with Crippen LogP contribution in [0.1, 0.15) is 41.8 Å². The third kappa shape index (κ3) is 1.35. The lowest BCUT2D eigenvalue weighted by Gasteiger charge is -2.22. The average Bonchev–Trinajstić information content (AvgIpc) is 2.72. The van der Waals surface area contributed by atoms with E-state index in [2.05, 4.69) is 0 Å². The van der Waals surface area contributed by atoms with Crippen LogP contribution in [0.4, 0.5) is 0 Å². The summed E-state index contributed by atoms with van der Waals surface area (Å²) in [5, 5.41) is 0. The van der Waals surface area contributed by atoms with E-state index in [0.717, 1.165) is 30.5 Å². The van der Waals surface area contributed by atoms with Crippen LogP contribution in [0.15, 0.2) is 24.3 Å². The molecule has 84 valence electrons. The minimum Gasteiger partial charge on any atom is -0.351 e. The Hall–Kier alpha value is -1.35. The Balaban J connectivity index is 2.09. The highest BCUT2D eigenvalue weighted by molar-refractivity contribution is 5.96. The summed E-state index contributed by atoms with van der Waals surface area (Å²) in [6.07, 6.45) is 2.00. The first-order chi connectivity index (χ1) is 7.77. The molecule has 0 saturated carbocycles. The zero-order valence-electron chi connectivity index (χ0n) is 9.35. The van der Waals surface area contributed by atoms with Crippen LogP contribution in [-0.2, 0) is 4.74 Å². The van der Waals surface area contributed by atoms with E-state index in [1.807, 2.05) is 36.1 Å². The first kappa shape index (κ1) is 9.85. The Morgan fingerprint density at radius 1 is 1.38 bits per heavy atom. The minimum absolute atomic E-state index is 0.00764. The molecule has 0 bridgehead atoms. The van der Waals surface area contributed by atoms with E-state index in [1.165, 1.54) is 0 Å². The van der Waals surface area contributed by atoms with E-state index in [1.54, 1.807) is 0 Å². The quantitative estimate of drug-likeness (QED) is 0.667. The maximum absolute atomic E-state index is 12.3. The monoisotopic (exact) mass is 217 g/mol. The second kappa shape index (κ2) is 3.59. The van der Waals surface area contributed by atoms with Crippen LogP contribution < -0.4 is 0 Å². The van der Waals surface area contributed by atoms with Crippen molar-refractivity contribution in [3.05, 3.63) is 35.4 Å². The van der Waals surface area contributed by atoms with Crippen molar-refractivity contribution in [2.24, 2.45) is 0 Å². The molecule has 3 rings (SSSR count). The summed E-state index contributed by atoms with van der Waals surface area (Å²) in [6, 6.07) is 7.76. The van der Waals surface area contributed by atoms with Gasteiger partial charge in [-0.15, -0.1) is 0 Å². The van der Waals surface area contributed by atoms with E-state index in [9.17, 15) is 4.79 Å². The predicted molar refractivity (Wildman–Crippen MR) is 60.0 cm³/mol. The molecule has 2 heterocycles. The molecular formula is C13H15NO2. The summed E-state index contributed by atoms with van der Waals surface area (Å²) in [7, 11) is 0. The second-order valence-corrected chi connectivity index (χ2v) is 4.46. The number of hydrogen-bond acceptors (Lipinski definition) is 2. The van der Waals surface area contributed by atoms with Crippen molar-refractivity contribution in [3.8, 4) is 0 Å². The van der Waals surface area contributed by atoms with Crippen LogP contribution in [-0.4, -0.2) is 23.6 Å². The van der Waals surface area contributed by atoms with E-state index < -0.39 is 0 Å². The van der Waals surface area contributed by atoms with Gasteiger partial charge in [-0.3, -0.25) is 4.79 Å². The molecule has 1 saturated heterocycles. The Morgan fingerprint density at radius 3 is 3.06 bits per heavy atom. The summed E-state index contributed by atoms with van der Waals surface area (Å²) >= 11 is 0. The second-order valence-electron chi connectivity index (χ2n) is 4.46. The molecule has 0 radical (unpaired) electrons. The van der Waals surface area contributed by atoms with Crippen LogP contribution in [0.3, 0.4) is 0 Å². The van der Waals surface area contributed by atoms with Crippen LogP contribution in [0.5, 0.6) is 0 Å². The van der Waals surface area contributed by atoms with Gasteiger partial charge in [-0.2, -0.15) is 0 Å². The van der Waals surface area contributed by atoms with Gasteiger partial charge < -0.3 is 9.64 Å². The van der Waals surface area contributed by atoms with Crippen molar-refractivity contribution in [1.29, 1.82) is 0 Å². The van der Waals surface area contributed by atoms with Crippen LogP contribution in [0, 0.1) is 0 Å². The fourth-order valence-electron chi connectivity index (χ4n) is 2.62. The average molecular weight is 217 g/mol. The minimum atomic E-state index is -0.0186. The van der Waals surface area contributed by atoms with Gasteiger partial charge in [-0.1, -0.05) is 18.2 Å². The van der Waals surface area contributed by atoms with Gasteiger partial charge in [0, 0.05) is 12.1 Å². The highest BCUT2D eigenvalue weighted by atomic mass is 16.5. The van der Waals surface area contributed by atoms with Gasteiger partial charge in [0.05, 0.1) is 6.10 Å². The molecule has 1 fully saturated rings. The van der Waals surface area contributed by atoms with E-state index in [4.69, 9.17) is 4.74 Å². The molecule has 0 N–H and O–H groups in total. The van der Waals surface area contributed by atoms with Gasteiger partial charge in [0.2, 0.25) is 0 Å². The van der Waals surface area contributed by atoms with Crippen molar-refractivity contribution >= 4 is 5.91 Å². The van der Waals surface area contributed by atoms with Crippen LogP contribution in [0.2, 0.25) is 0 Å². The number of amides is 1. The summed E-state index contributed by atoms with van der Waals surface area (Å²) in [5.41, 5.74) is 1.82. The normalized spacial score (nSPS) is 28.6. The standard InChI is InChI=1S/C13H15NO2/c1-9-10-5-2-3-6-11(10)13(15)14-8-4-7-12(14)16-9/h2-3,5-6,9,12H,4,7-8H2,1H3. The molecule has 2 aliphatic heterocycles. The zero-order valence-corrected chi connectivity index (χ0v) is 9.35. The summed E-state index contributed by atoms with van der Waals surface area (Å²) < 4.78 is 5.94. The zero-order chi connectivity index (χ0) is 11.1. The lowest BCUT2D eigenvalue weighted by atomic mass is 10.0. The van der Waals surface area contributed by atoms with Gasteiger partial charge in [0.1, 0.15) is 6.23 Å². The van der Waals surface area contributed by atoms with Gasteiger partial charge in [-0.25, -0.2) is 0 Å². The summed E-state index contributed by atoms with van der Waals surface area (Å²) in [6.45, 7) is 2.85. The lowest BCUT2D eigenvalue weighted by Crippen LogP contribution is -2.35. The SMILES string of the molecule is CC1OC2CCCN2C(=O)c2ccccc21. The molecule has 3 heteroatoms. The first-order valence-corrected chi connectivity index (χ1v) is 5.83. The molecular weight excluding hydrogens is 202 g/mol. The van der Waals surface area contributed by atoms with Gasteiger partial charge in [0.25, 0.3) is 5.91 Å². The molecule has 0 aromatic heterocycles. The number of hydrogen-bond donors (Lipinski definition) is 0. The third-order valence-corrected chi connectivity index (χ3v) is 3.45. The third-order valence-electron chi connectivity index (χ3n) is 3.45. The predicted octanol–water partition coefficient (Wildman–Crippen LogP) is 2.34. The number of nitrogens with zero attached hydrogens (tertiary/aromatic N) is 1. The fourth-order valence-corrected chi connectivity index (χ4v) is 2.62. The molecule has 1 aromatic rings. The maximum atomic E-state index is 12.3. The molecule has 2 atom stereocenters. The number of rotatable bonds is 0. The van der Waals surface area contributed by atoms with Crippen molar-refractivity contribution in [3.63, 3.8) is 0 Å². The molecule has 0 spiro atoms. The highest BCUT2D eigenvalue weighted by Crippen LogP contribution is 2.33. The molecule has 1 amide bonds. The van der Waals surface area contributed by atoms with Crippen LogP contribution >= 0.6 is 0 Å². The molecule has 0 aliphatic carbocycles. The van der Waals surface area contributed by atoms with Crippen molar-refractivity contribution < 1.29 is 9.53 Å². The molecule has 2 aliphatic rings. The molecule has 3 nitrogen and oxygen atoms in total. The van der Waals surface area contributed by atoms with Crippen molar-refractivity contribution in [1.82, 2.24) is 4.90 Å². The molecule has 1 aromatic carbocycles. The Labute approximate surface area is 95.0 Å². The molecule has 2 unspecified atom stereocenters. The topological polar surface area (TPSA) is 29.5 Å². The van der Waals surface area contributed by atoms with E-state index >= 15 is 0 Å². The van der Waals surface area contributed by atoms with Gasteiger partial charge >= 0.3 is 0 Å². The Kier molecular flexibility index (Phi) is 2.21. The largest absolute Gasteiger partial charge is 0.351 e. The number of carbonyl (C=O) groups is 1. The van der Waals surface area contributed by atoms with Crippen LogP contribution in [0.25, 0.3) is 0 Å². The Morgan fingerprint density at radius 2 is 2.19 bits per heavy atom. The summed E-state index contributed by atoms with van der Waals surface area (Å²) in [4.78, 5) is 14.2. The first-order valence-electron chi connectivity index (χ1n) is 5.83. The van der Waals surface area contributed by atoms with Crippen molar-refractivity contribution in [2.45, 2.75) is 32.1 Å². The highest BCUT2D eigenvalue weighted by Gasteiger charge is 2.36. The number of benzene rings is 1. The maximum Gasteiger partial charge on any atom is 0.256 e. The number of ether oxygens (including phenoxy) is 1. The fraction of sp³-hybridized carbons (Fsp3) is 0.462. The molecule has 16 heavy (non-hydrogen) atoms. The van der Waals surface area contributed by atoms with Crippen molar-refractivity contribution in [2.75, 3.05) is 6.54 Å². The number of carbonyl (C=O) groups excluding carboxylic acids is 1. The van der Waals surface area contributed by atoms with Gasteiger partial charge in [-0.05, 0) is 31.4 Å².